The number of anilines is 2. The second kappa shape index (κ2) is 8.53. The van der Waals surface area contributed by atoms with Crippen LogP contribution < -0.4 is 10.1 Å². The number of carbonyl (C=O) groups is 2. The van der Waals surface area contributed by atoms with Crippen molar-refractivity contribution in [2.24, 2.45) is 0 Å². The Balaban J connectivity index is 1.90. The highest BCUT2D eigenvalue weighted by atomic mass is 16.5. The quantitative estimate of drug-likeness (QED) is 0.498. The number of esters is 2. The van der Waals surface area contributed by atoms with Gasteiger partial charge < -0.3 is 14.8 Å². The van der Waals surface area contributed by atoms with Gasteiger partial charge in [-0.1, -0.05) is 17.7 Å². The first-order valence-corrected chi connectivity index (χ1v) is 7.57. The Hall–Kier alpha value is -3.08. The number of nitrogens with one attached hydrogen (secondary N) is 1. The van der Waals surface area contributed by atoms with E-state index in [9.17, 15) is 9.59 Å². The Bertz CT molecular complexity index is 718. The molecule has 5 nitrogen and oxygen atoms in total. The molecule has 0 amide bonds. The molecule has 124 valence electrons. The third kappa shape index (κ3) is 5.61. The molecule has 0 unspecified atom stereocenters. The molecule has 0 aliphatic rings. The Kier molecular flexibility index (Phi) is 6.14. The molecule has 0 heterocycles. The summed E-state index contributed by atoms with van der Waals surface area (Å²) in [6, 6.07) is 15.0. The van der Waals surface area contributed by atoms with Crippen LogP contribution in [0, 0.1) is 6.92 Å². The first-order valence-electron chi connectivity index (χ1n) is 7.57. The summed E-state index contributed by atoms with van der Waals surface area (Å²) in [6.45, 7) is 3.98. The molecule has 0 radical (unpaired) electrons. The van der Waals surface area contributed by atoms with Crippen molar-refractivity contribution in [1.29, 1.82) is 0 Å². The minimum absolute atomic E-state index is 0.258. The molecule has 0 aliphatic heterocycles. The van der Waals surface area contributed by atoms with Crippen molar-refractivity contribution in [3.63, 3.8) is 0 Å². The molecule has 2 aromatic rings. The van der Waals surface area contributed by atoms with E-state index in [-0.39, 0.29) is 6.61 Å². The van der Waals surface area contributed by atoms with Crippen LogP contribution in [0.3, 0.4) is 0 Å². The maximum atomic E-state index is 11.6. The van der Waals surface area contributed by atoms with Crippen molar-refractivity contribution in [2.45, 2.75) is 13.8 Å². The van der Waals surface area contributed by atoms with E-state index in [0.717, 1.165) is 23.5 Å². The van der Waals surface area contributed by atoms with Crippen LogP contribution >= 0.6 is 0 Å². The van der Waals surface area contributed by atoms with Crippen LogP contribution in [0.4, 0.5) is 11.4 Å². The molecule has 5 heteroatoms. The number of ether oxygens (including phenoxy) is 2. The van der Waals surface area contributed by atoms with E-state index < -0.39 is 11.9 Å². The zero-order valence-electron chi connectivity index (χ0n) is 13.6. The molecule has 0 aromatic heterocycles. The number of hydrogen-bond donors (Lipinski definition) is 1. The smallest absolute Gasteiger partial charge is 0.336 e. The zero-order chi connectivity index (χ0) is 17.4. The summed E-state index contributed by atoms with van der Waals surface area (Å²) in [5.41, 5.74) is 3.04. The maximum Gasteiger partial charge on any atom is 0.336 e. The molecule has 2 aromatic carbocycles. The lowest BCUT2D eigenvalue weighted by atomic mass is 10.2. The minimum atomic E-state index is -0.637. The highest BCUT2D eigenvalue weighted by Crippen LogP contribution is 2.20. The normalized spacial score (nSPS) is 10.4. The van der Waals surface area contributed by atoms with Crippen molar-refractivity contribution in [2.75, 3.05) is 11.9 Å². The predicted octanol–water partition coefficient (Wildman–Crippen LogP) is 3.76. The molecule has 1 N–H and O–H groups in total. The highest BCUT2D eigenvalue weighted by Gasteiger charge is 2.03. The summed E-state index contributed by atoms with van der Waals surface area (Å²) in [6.07, 6.45) is 2.08. The van der Waals surface area contributed by atoms with Gasteiger partial charge in [-0.3, -0.25) is 0 Å². The summed E-state index contributed by atoms with van der Waals surface area (Å²) in [5, 5.41) is 3.25. The van der Waals surface area contributed by atoms with Crippen molar-refractivity contribution >= 4 is 23.3 Å². The van der Waals surface area contributed by atoms with Crippen molar-refractivity contribution in [3.8, 4) is 5.75 Å². The van der Waals surface area contributed by atoms with E-state index in [1.165, 1.54) is 5.56 Å². The molecule has 0 saturated heterocycles. The van der Waals surface area contributed by atoms with Crippen LogP contribution in [0.2, 0.25) is 0 Å². The maximum absolute atomic E-state index is 11.6. The van der Waals surface area contributed by atoms with E-state index in [0.29, 0.717) is 5.75 Å². The minimum Gasteiger partial charge on any atom is -0.463 e. The Labute approximate surface area is 140 Å². The second-order valence-corrected chi connectivity index (χ2v) is 5.02. The predicted molar refractivity (Wildman–Crippen MR) is 92.3 cm³/mol. The van der Waals surface area contributed by atoms with Crippen LogP contribution in [-0.4, -0.2) is 18.5 Å². The summed E-state index contributed by atoms with van der Waals surface area (Å²) in [4.78, 5) is 22.7. The first kappa shape index (κ1) is 17.3. The fourth-order valence-corrected chi connectivity index (χ4v) is 1.89. The molecule has 0 spiro atoms. The van der Waals surface area contributed by atoms with Gasteiger partial charge in [0, 0.05) is 23.5 Å². The fraction of sp³-hybridized carbons (Fsp3) is 0.158. The lowest BCUT2D eigenvalue weighted by Gasteiger charge is -2.08. The van der Waals surface area contributed by atoms with Crippen LogP contribution in [-0.2, 0) is 14.3 Å². The van der Waals surface area contributed by atoms with Gasteiger partial charge in [0.05, 0.1) is 6.61 Å². The summed E-state index contributed by atoms with van der Waals surface area (Å²) >= 11 is 0. The highest BCUT2D eigenvalue weighted by molar-refractivity contribution is 5.92. The molecular formula is C19H19NO4. The molecule has 0 bridgehead atoms. The lowest BCUT2D eigenvalue weighted by molar-refractivity contribution is -0.138. The first-order chi connectivity index (χ1) is 11.6. The van der Waals surface area contributed by atoms with Crippen molar-refractivity contribution in [3.05, 3.63) is 66.2 Å². The largest absolute Gasteiger partial charge is 0.463 e. The van der Waals surface area contributed by atoms with Gasteiger partial charge in [0.2, 0.25) is 0 Å². The third-order valence-corrected chi connectivity index (χ3v) is 3.06. The van der Waals surface area contributed by atoms with Gasteiger partial charge >= 0.3 is 11.9 Å². The summed E-state index contributed by atoms with van der Waals surface area (Å²) < 4.78 is 9.78. The summed E-state index contributed by atoms with van der Waals surface area (Å²) in [7, 11) is 0. The van der Waals surface area contributed by atoms with Crippen LogP contribution in [0.15, 0.2) is 60.7 Å². The van der Waals surface area contributed by atoms with Gasteiger partial charge in [0.15, 0.2) is 0 Å². The molecule has 0 fully saturated rings. The monoisotopic (exact) mass is 325 g/mol. The van der Waals surface area contributed by atoms with Gasteiger partial charge in [-0.05, 0) is 50.2 Å². The molecular weight excluding hydrogens is 306 g/mol. The SMILES string of the molecule is CCOC(=O)/C=C\C(=O)Oc1ccc(Nc2ccc(C)cc2)cc1. The van der Waals surface area contributed by atoms with Gasteiger partial charge in [0.1, 0.15) is 5.75 Å². The van der Waals surface area contributed by atoms with E-state index >= 15 is 0 Å². The molecule has 0 atom stereocenters. The van der Waals surface area contributed by atoms with E-state index in [1.807, 2.05) is 31.2 Å². The van der Waals surface area contributed by atoms with E-state index in [4.69, 9.17) is 4.74 Å². The lowest BCUT2D eigenvalue weighted by Crippen LogP contribution is -2.06. The fourth-order valence-electron chi connectivity index (χ4n) is 1.89. The van der Waals surface area contributed by atoms with E-state index in [1.54, 1.807) is 31.2 Å². The molecule has 0 aliphatic carbocycles. The van der Waals surface area contributed by atoms with Crippen molar-refractivity contribution in [1.82, 2.24) is 0 Å². The van der Waals surface area contributed by atoms with Crippen LogP contribution in [0.5, 0.6) is 5.75 Å². The van der Waals surface area contributed by atoms with Gasteiger partial charge in [-0.25, -0.2) is 9.59 Å². The average Bonchev–Trinajstić information content (AvgIpc) is 2.57. The summed E-state index contributed by atoms with van der Waals surface area (Å²) in [5.74, 6) is -0.822. The zero-order valence-corrected chi connectivity index (χ0v) is 13.6. The van der Waals surface area contributed by atoms with Gasteiger partial charge in [0.25, 0.3) is 0 Å². The second-order valence-electron chi connectivity index (χ2n) is 5.02. The van der Waals surface area contributed by atoms with Gasteiger partial charge in [-0.2, -0.15) is 0 Å². The Morgan fingerprint density at radius 1 is 0.917 bits per heavy atom. The third-order valence-electron chi connectivity index (χ3n) is 3.06. The number of hydrogen-bond acceptors (Lipinski definition) is 5. The molecule has 0 saturated carbocycles. The Morgan fingerprint density at radius 3 is 2.04 bits per heavy atom. The number of rotatable bonds is 6. The topological polar surface area (TPSA) is 64.6 Å². The standard InChI is InChI=1S/C19H19NO4/c1-3-23-18(21)12-13-19(22)24-17-10-8-16(9-11-17)20-15-6-4-14(2)5-7-15/h4-13,20H,3H2,1-2H3/b13-12-. The van der Waals surface area contributed by atoms with E-state index in [2.05, 4.69) is 10.1 Å². The number of aryl methyl sites for hydroxylation is 1. The number of carbonyl (C=O) groups excluding carboxylic acids is 2. The number of benzene rings is 2. The van der Waals surface area contributed by atoms with Crippen LogP contribution in [0.25, 0.3) is 0 Å². The average molecular weight is 325 g/mol. The van der Waals surface area contributed by atoms with Crippen LogP contribution in [0.1, 0.15) is 12.5 Å². The van der Waals surface area contributed by atoms with Crippen molar-refractivity contribution < 1.29 is 19.1 Å². The molecule has 2 rings (SSSR count). The van der Waals surface area contributed by atoms with Gasteiger partial charge in [-0.15, -0.1) is 0 Å². The Morgan fingerprint density at radius 2 is 1.46 bits per heavy atom. The molecule has 24 heavy (non-hydrogen) atoms.